The number of carbonyl (C=O) groups is 2. The highest BCUT2D eigenvalue weighted by atomic mass is 16.5. The van der Waals surface area contributed by atoms with Crippen LogP contribution in [0.3, 0.4) is 0 Å². The number of rotatable bonds is 9. The number of hydrogen-bond donors (Lipinski definition) is 0. The van der Waals surface area contributed by atoms with E-state index in [1.807, 2.05) is 26.0 Å². The predicted molar refractivity (Wildman–Crippen MR) is 66.9 cm³/mol. The van der Waals surface area contributed by atoms with E-state index in [0.29, 0.717) is 13.2 Å². The van der Waals surface area contributed by atoms with Gasteiger partial charge in [-0.2, -0.15) is 0 Å². The van der Waals surface area contributed by atoms with Crippen LogP contribution in [-0.2, 0) is 14.3 Å². The van der Waals surface area contributed by atoms with Crippen LogP contribution in [0, 0.1) is 0 Å². The average Bonchev–Trinajstić information content (AvgIpc) is 2.24. The largest absolute Gasteiger partial charge is 0.466 e. The van der Waals surface area contributed by atoms with E-state index in [9.17, 15) is 9.59 Å². The second-order valence-corrected chi connectivity index (χ2v) is 4.38. The third-order valence-electron chi connectivity index (χ3n) is 2.29. The van der Waals surface area contributed by atoms with Gasteiger partial charge in [-0.1, -0.05) is 0 Å². The van der Waals surface area contributed by atoms with Gasteiger partial charge in [0.25, 0.3) is 0 Å². The normalized spacial score (nSPS) is 10.9. The van der Waals surface area contributed by atoms with Crippen LogP contribution in [0.25, 0.3) is 0 Å². The molecule has 0 heterocycles. The van der Waals surface area contributed by atoms with Crippen molar-refractivity contribution in [3.63, 3.8) is 0 Å². The van der Waals surface area contributed by atoms with Crippen molar-refractivity contribution in [3.05, 3.63) is 0 Å². The lowest BCUT2D eigenvalue weighted by Gasteiger charge is -2.18. The van der Waals surface area contributed by atoms with Crippen LogP contribution >= 0.6 is 0 Å². The number of Topliss-reactive ketones (excluding diaryl/α,β-unsaturated/α-hetero) is 1. The van der Waals surface area contributed by atoms with Crippen molar-refractivity contribution < 1.29 is 14.3 Å². The first-order valence-electron chi connectivity index (χ1n) is 5.96. The monoisotopic (exact) mass is 244 g/mol. The van der Waals surface area contributed by atoms with Gasteiger partial charge in [0.05, 0.1) is 19.6 Å². The van der Waals surface area contributed by atoms with Gasteiger partial charge < -0.3 is 9.64 Å². The number of carbonyl (C=O) groups excluding carboxylic acids is 2. The van der Waals surface area contributed by atoms with Crippen LogP contribution in [0.15, 0.2) is 0 Å². The van der Waals surface area contributed by atoms with Crippen LogP contribution in [0.4, 0.5) is 0 Å². The van der Waals surface area contributed by atoms with E-state index in [1.54, 1.807) is 6.92 Å². The Morgan fingerprint density at radius 3 is 2.24 bits per heavy atom. The summed E-state index contributed by atoms with van der Waals surface area (Å²) >= 11 is 0. The fraction of sp³-hybridized carbons (Fsp3) is 0.833. The molecule has 0 aromatic heterocycles. The molecule has 0 saturated carbocycles. The first-order valence-corrected chi connectivity index (χ1v) is 5.96. The molecule has 0 N–H and O–H groups in total. The zero-order valence-electron chi connectivity index (χ0n) is 11.4. The van der Waals surface area contributed by atoms with Gasteiger partial charge in [-0.25, -0.2) is 0 Å². The van der Waals surface area contributed by atoms with Gasteiger partial charge in [-0.3, -0.25) is 14.5 Å². The molecule has 0 aromatic carbocycles. The molecule has 0 aliphatic carbocycles. The van der Waals surface area contributed by atoms with Crippen LogP contribution in [0.1, 0.15) is 19.8 Å². The molecule has 0 rings (SSSR count). The fourth-order valence-corrected chi connectivity index (χ4v) is 1.30. The van der Waals surface area contributed by atoms with Gasteiger partial charge in [-0.05, 0) is 28.1 Å². The number of hydrogen-bond acceptors (Lipinski definition) is 5. The van der Waals surface area contributed by atoms with E-state index >= 15 is 0 Å². The minimum atomic E-state index is -0.295. The van der Waals surface area contributed by atoms with Gasteiger partial charge in [-0.15, -0.1) is 0 Å². The highest BCUT2D eigenvalue weighted by Gasteiger charge is 2.10. The molecule has 0 amide bonds. The minimum Gasteiger partial charge on any atom is -0.466 e. The quantitative estimate of drug-likeness (QED) is 0.549. The number of ketones is 1. The van der Waals surface area contributed by atoms with E-state index in [-0.39, 0.29) is 24.6 Å². The molecule has 0 aliphatic heterocycles. The smallest absolute Gasteiger partial charge is 0.306 e. The van der Waals surface area contributed by atoms with Crippen molar-refractivity contribution in [2.24, 2.45) is 0 Å². The average molecular weight is 244 g/mol. The molecule has 17 heavy (non-hydrogen) atoms. The zero-order chi connectivity index (χ0) is 13.3. The topological polar surface area (TPSA) is 49.9 Å². The maximum absolute atomic E-state index is 11.5. The molecule has 0 atom stereocenters. The second kappa shape index (κ2) is 9.13. The Kier molecular flexibility index (Phi) is 8.62. The summed E-state index contributed by atoms with van der Waals surface area (Å²) in [7, 11) is 5.90. The molecule has 0 bridgehead atoms. The second-order valence-electron chi connectivity index (χ2n) is 4.38. The summed E-state index contributed by atoms with van der Waals surface area (Å²) in [6, 6.07) is 0. The van der Waals surface area contributed by atoms with Crippen LogP contribution in [-0.4, -0.2) is 68.9 Å². The van der Waals surface area contributed by atoms with Crippen LogP contribution in [0.5, 0.6) is 0 Å². The number of likely N-dealkylation sites (N-methyl/N-ethyl adjacent to an activating group) is 2. The molecule has 100 valence electrons. The Labute approximate surface area is 104 Å². The summed E-state index contributed by atoms with van der Waals surface area (Å²) in [6.45, 7) is 4.29. The molecule has 0 spiro atoms. The van der Waals surface area contributed by atoms with E-state index in [2.05, 4.69) is 4.90 Å². The van der Waals surface area contributed by atoms with Crippen molar-refractivity contribution in [2.75, 3.05) is 47.4 Å². The molecule has 5 nitrogen and oxygen atoms in total. The molecular weight excluding hydrogens is 220 g/mol. The maximum atomic E-state index is 11.5. The summed E-state index contributed by atoms with van der Waals surface area (Å²) in [5.74, 6) is -0.212. The lowest BCUT2D eigenvalue weighted by atomic mass is 10.2. The fourth-order valence-electron chi connectivity index (χ4n) is 1.30. The number of esters is 1. The number of ether oxygens (including phenoxy) is 1. The van der Waals surface area contributed by atoms with E-state index in [1.165, 1.54) is 0 Å². The van der Waals surface area contributed by atoms with Gasteiger partial charge >= 0.3 is 5.97 Å². The van der Waals surface area contributed by atoms with Crippen molar-refractivity contribution >= 4 is 11.8 Å². The first kappa shape index (κ1) is 16.1. The Hall–Kier alpha value is -0.940. The Morgan fingerprint density at radius 2 is 1.71 bits per heavy atom. The van der Waals surface area contributed by atoms with Crippen molar-refractivity contribution in [3.8, 4) is 0 Å². The van der Waals surface area contributed by atoms with Crippen molar-refractivity contribution in [2.45, 2.75) is 19.8 Å². The maximum Gasteiger partial charge on any atom is 0.306 e. The summed E-state index contributed by atoms with van der Waals surface area (Å²) in [5.41, 5.74) is 0. The molecule has 0 unspecified atom stereocenters. The lowest BCUT2D eigenvalue weighted by Crippen LogP contribution is -2.32. The molecule has 5 heteroatoms. The van der Waals surface area contributed by atoms with Gasteiger partial charge in [0.2, 0.25) is 0 Å². The van der Waals surface area contributed by atoms with Crippen LogP contribution in [0.2, 0.25) is 0 Å². The molecule has 0 saturated heterocycles. The Bertz CT molecular complexity index is 242. The van der Waals surface area contributed by atoms with Crippen molar-refractivity contribution in [1.29, 1.82) is 0 Å². The predicted octanol–water partition coefficient (Wildman–Crippen LogP) is 0.392. The number of nitrogens with zero attached hydrogens (tertiary/aromatic N) is 2. The Balaban J connectivity index is 3.67. The van der Waals surface area contributed by atoms with E-state index in [0.717, 1.165) is 13.1 Å². The van der Waals surface area contributed by atoms with Gasteiger partial charge in [0, 0.05) is 19.5 Å². The van der Waals surface area contributed by atoms with Crippen LogP contribution < -0.4 is 0 Å². The third kappa shape index (κ3) is 9.96. The minimum absolute atomic E-state index is 0.0827. The lowest BCUT2D eigenvalue weighted by molar-refractivity contribution is -0.144. The van der Waals surface area contributed by atoms with Gasteiger partial charge in [0.15, 0.2) is 0 Å². The summed E-state index contributed by atoms with van der Waals surface area (Å²) < 4.78 is 4.76. The zero-order valence-corrected chi connectivity index (χ0v) is 11.4. The molecule has 0 aromatic rings. The van der Waals surface area contributed by atoms with E-state index < -0.39 is 0 Å². The summed E-state index contributed by atoms with van der Waals surface area (Å²) in [5, 5.41) is 0. The summed E-state index contributed by atoms with van der Waals surface area (Å²) in [6.07, 6.45) is 0.458. The molecule has 0 aliphatic rings. The standard InChI is InChI=1S/C12H24N2O3/c1-5-17-12(16)7-6-11(15)10-14(4)9-8-13(2)3/h5-10H2,1-4H3. The molecular formula is C12H24N2O3. The third-order valence-corrected chi connectivity index (χ3v) is 2.29. The SMILES string of the molecule is CCOC(=O)CCC(=O)CN(C)CCN(C)C. The Morgan fingerprint density at radius 1 is 1.06 bits per heavy atom. The molecule has 0 fully saturated rings. The highest BCUT2D eigenvalue weighted by molar-refractivity contribution is 5.84. The first-order chi connectivity index (χ1) is 7.95. The van der Waals surface area contributed by atoms with Crippen molar-refractivity contribution in [1.82, 2.24) is 9.80 Å². The summed E-state index contributed by atoms with van der Waals surface area (Å²) in [4.78, 5) is 26.6. The van der Waals surface area contributed by atoms with Gasteiger partial charge in [0.1, 0.15) is 5.78 Å². The van der Waals surface area contributed by atoms with E-state index in [4.69, 9.17) is 4.74 Å². The highest BCUT2D eigenvalue weighted by Crippen LogP contribution is 1.96. The molecule has 0 radical (unpaired) electrons.